The number of pyridine rings is 1. The van der Waals surface area contributed by atoms with Gasteiger partial charge in [-0.2, -0.15) is 0 Å². The van der Waals surface area contributed by atoms with Crippen LogP contribution >= 0.6 is 11.3 Å². The van der Waals surface area contributed by atoms with Crippen LogP contribution in [0.2, 0.25) is 0 Å². The van der Waals surface area contributed by atoms with Crippen LogP contribution in [0.15, 0.2) is 42.7 Å². The molecule has 1 aliphatic heterocycles. The largest absolute Gasteiger partial charge is 0.300 e. The lowest BCUT2D eigenvalue weighted by molar-refractivity contribution is 0.272. The van der Waals surface area contributed by atoms with Crippen molar-refractivity contribution in [3.05, 3.63) is 47.7 Å². The van der Waals surface area contributed by atoms with Crippen LogP contribution in [-0.4, -0.2) is 34.0 Å². The quantitative estimate of drug-likeness (QED) is 0.713. The minimum absolute atomic E-state index is 0.738. The number of thiazole rings is 1. The predicted molar refractivity (Wildman–Crippen MR) is 96.8 cm³/mol. The average Bonchev–Trinajstić information content (AvgIpc) is 3.18. The summed E-state index contributed by atoms with van der Waals surface area (Å²) in [4.78, 5) is 11.6. The van der Waals surface area contributed by atoms with Gasteiger partial charge in [-0.25, -0.2) is 4.98 Å². The van der Waals surface area contributed by atoms with Crippen LogP contribution < -0.4 is 0 Å². The number of aromatic nitrogens is 2. The topological polar surface area (TPSA) is 29.0 Å². The fraction of sp³-hybridized carbons (Fsp3) is 0.368. The highest BCUT2D eigenvalue weighted by Crippen LogP contribution is 2.28. The Morgan fingerprint density at radius 3 is 3.00 bits per heavy atom. The molecular weight excluding hydrogens is 302 g/mol. The Morgan fingerprint density at radius 1 is 1.26 bits per heavy atom. The van der Waals surface area contributed by atoms with Gasteiger partial charge < -0.3 is 4.90 Å². The summed E-state index contributed by atoms with van der Waals surface area (Å²) in [7, 11) is 0. The van der Waals surface area contributed by atoms with E-state index in [1.807, 2.05) is 29.8 Å². The molecule has 3 nitrogen and oxygen atoms in total. The molecular formula is C19H21N3S. The van der Waals surface area contributed by atoms with Crippen molar-refractivity contribution in [1.29, 1.82) is 0 Å². The standard InChI is InChI=1S/C19H21N3S/c1-14-4-3-10-22(14)11-8-19-21-17-7-6-15(12-18(17)23-19)16-5-2-9-20-13-16/h2,5-7,9,12-14H,3-4,8,10-11H2,1H3. The lowest BCUT2D eigenvalue weighted by Gasteiger charge is -2.19. The normalized spacial score (nSPS) is 18.7. The van der Waals surface area contributed by atoms with E-state index in [2.05, 4.69) is 41.1 Å². The zero-order chi connectivity index (χ0) is 15.6. The van der Waals surface area contributed by atoms with E-state index >= 15 is 0 Å². The molecule has 0 radical (unpaired) electrons. The van der Waals surface area contributed by atoms with E-state index in [4.69, 9.17) is 4.98 Å². The Bertz CT molecular complexity index is 797. The van der Waals surface area contributed by atoms with Crippen LogP contribution in [0, 0.1) is 0 Å². The summed E-state index contributed by atoms with van der Waals surface area (Å²) in [6.07, 6.45) is 7.47. The molecule has 118 valence electrons. The Labute approximate surface area is 141 Å². The van der Waals surface area contributed by atoms with Crippen molar-refractivity contribution in [2.24, 2.45) is 0 Å². The second-order valence-corrected chi connectivity index (χ2v) is 7.42. The lowest BCUT2D eigenvalue weighted by atomic mass is 10.1. The second kappa shape index (κ2) is 6.38. The number of hydrogen-bond donors (Lipinski definition) is 0. The third-order valence-electron chi connectivity index (χ3n) is 4.73. The highest BCUT2D eigenvalue weighted by atomic mass is 32.1. The first kappa shape index (κ1) is 14.8. The second-order valence-electron chi connectivity index (χ2n) is 6.31. The summed E-state index contributed by atoms with van der Waals surface area (Å²) >= 11 is 1.83. The van der Waals surface area contributed by atoms with Gasteiger partial charge in [0.15, 0.2) is 0 Å². The Hall–Kier alpha value is -1.78. The van der Waals surface area contributed by atoms with Crippen LogP contribution in [-0.2, 0) is 6.42 Å². The van der Waals surface area contributed by atoms with Crippen molar-refractivity contribution in [3.63, 3.8) is 0 Å². The van der Waals surface area contributed by atoms with Crippen molar-refractivity contribution in [3.8, 4) is 11.1 Å². The lowest BCUT2D eigenvalue weighted by Crippen LogP contribution is -2.28. The van der Waals surface area contributed by atoms with Crippen LogP contribution in [0.25, 0.3) is 21.3 Å². The van der Waals surface area contributed by atoms with E-state index in [9.17, 15) is 0 Å². The molecule has 0 spiro atoms. The summed E-state index contributed by atoms with van der Waals surface area (Å²) in [5.41, 5.74) is 3.50. The van der Waals surface area contributed by atoms with Crippen molar-refractivity contribution in [2.75, 3.05) is 13.1 Å². The van der Waals surface area contributed by atoms with Gasteiger partial charge in [0.05, 0.1) is 15.2 Å². The number of hydrogen-bond acceptors (Lipinski definition) is 4. The highest BCUT2D eigenvalue weighted by Gasteiger charge is 2.20. The SMILES string of the molecule is CC1CCCN1CCc1nc2ccc(-c3cccnc3)cc2s1. The predicted octanol–water partition coefficient (Wildman–Crippen LogP) is 4.39. The van der Waals surface area contributed by atoms with Gasteiger partial charge in [-0.1, -0.05) is 12.1 Å². The molecule has 0 aliphatic carbocycles. The molecule has 0 N–H and O–H groups in total. The molecule has 23 heavy (non-hydrogen) atoms. The molecule has 0 saturated carbocycles. The smallest absolute Gasteiger partial charge is 0.0951 e. The number of likely N-dealkylation sites (tertiary alicyclic amines) is 1. The van der Waals surface area contributed by atoms with Crippen LogP contribution in [0.5, 0.6) is 0 Å². The third kappa shape index (κ3) is 3.14. The summed E-state index contributed by atoms with van der Waals surface area (Å²) < 4.78 is 1.27. The van der Waals surface area contributed by atoms with Gasteiger partial charge in [-0.3, -0.25) is 4.98 Å². The van der Waals surface area contributed by atoms with Gasteiger partial charge in [-0.15, -0.1) is 11.3 Å². The summed E-state index contributed by atoms with van der Waals surface area (Å²) in [6.45, 7) is 4.72. The van der Waals surface area contributed by atoms with Gasteiger partial charge in [0.25, 0.3) is 0 Å². The van der Waals surface area contributed by atoms with E-state index in [1.165, 1.54) is 34.7 Å². The average molecular weight is 323 g/mol. The van der Waals surface area contributed by atoms with Crippen molar-refractivity contribution in [1.82, 2.24) is 14.9 Å². The molecule has 0 amide bonds. The minimum Gasteiger partial charge on any atom is -0.300 e. The van der Waals surface area contributed by atoms with E-state index in [1.54, 1.807) is 0 Å². The Kier molecular flexibility index (Phi) is 4.10. The highest BCUT2D eigenvalue weighted by molar-refractivity contribution is 7.18. The maximum Gasteiger partial charge on any atom is 0.0951 e. The molecule has 4 heteroatoms. The first-order valence-corrected chi connectivity index (χ1v) is 9.15. The zero-order valence-corrected chi connectivity index (χ0v) is 14.2. The van der Waals surface area contributed by atoms with E-state index < -0.39 is 0 Å². The van der Waals surface area contributed by atoms with Gasteiger partial charge in [0.2, 0.25) is 0 Å². The van der Waals surface area contributed by atoms with Crippen LogP contribution in [0.4, 0.5) is 0 Å². The zero-order valence-electron chi connectivity index (χ0n) is 13.4. The third-order valence-corrected chi connectivity index (χ3v) is 5.81. The Morgan fingerprint density at radius 2 is 2.22 bits per heavy atom. The fourth-order valence-corrected chi connectivity index (χ4v) is 4.35. The number of fused-ring (bicyclic) bond motifs is 1. The maximum absolute atomic E-state index is 4.81. The number of nitrogens with zero attached hydrogens (tertiary/aromatic N) is 3. The molecule has 1 saturated heterocycles. The van der Waals surface area contributed by atoms with E-state index in [-0.39, 0.29) is 0 Å². The molecule has 3 heterocycles. The van der Waals surface area contributed by atoms with Crippen molar-refractivity contribution < 1.29 is 0 Å². The molecule has 1 unspecified atom stereocenters. The van der Waals surface area contributed by atoms with Gasteiger partial charge in [0.1, 0.15) is 0 Å². The number of rotatable bonds is 4. The summed E-state index contributed by atoms with van der Waals surface area (Å²) in [5.74, 6) is 0. The molecule has 2 aromatic heterocycles. The van der Waals surface area contributed by atoms with Gasteiger partial charge >= 0.3 is 0 Å². The summed E-state index contributed by atoms with van der Waals surface area (Å²) in [5, 5.41) is 1.25. The number of benzene rings is 1. The first-order valence-electron chi connectivity index (χ1n) is 8.33. The Balaban J connectivity index is 1.54. The van der Waals surface area contributed by atoms with Gasteiger partial charge in [0, 0.05) is 37.0 Å². The first-order chi connectivity index (χ1) is 11.3. The van der Waals surface area contributed by atoms with Crippen molar-refractivity contribution >= 4 is 21.6 Å². The molecule has 1 aliphatic rings. The molecule has 3 aromatic rings. The molecule has 1 aromatic carbocycles. The molecule has 0 bridgehead atoms. The van der Waals surface area contributed by atoms with Crippen LogP contribution in [0.1, 0.15) is 24.8 Å². The van der Waals surface area contributed by atoms with E-state index in [0.717, 1.165) is 30.1 Å². The molecule has 4 rings (SSSR count). The maximum atomic E-state index is 4.81. The minimum atomic E-state index is 0.738. The monoisotopic (exact) mass is 323 g/mol. The molecule has 1 atom stereocenters. The van der Waals surface area contributed by atoms with E-state index in [0.29, 0.717) is 0 Å². The van der Waals surface area contributed by atoms with Gasteiger partial charge in [-0.05, 0) is 50.1 Å². The molecule has 1 fully saturated rings. The van der Waals surface area contributed by atoms with Crippen molar-refractivity contribution in [2.45, 2.75) is 32.2 Å². The van der Waals surface area contributed by atoms with Crippen LogP contribution in [0.3, 0.4) is 0 Å². The summed E-state index contributed by atoms with van der Waals surface area (Å²) in [6, 6.07) is 11.3. The fourth-order valence-electron chi connectivity index (χ4n) is 3.36.